The first-order chi connectivity index (χ1) is 13.8. The van der Waals surface area contributed by atoms with Crippen LogP contribution in [0.15, 0.2) is 53.7 Å². The van der Waals surface area contributed by atoms with E-state index in [1.807, 2.05) is 38.1 Å². The van der Waals surface area contributed by atoms with Gasteiger partial charge in [0.05, 0.1) is 7.11 Å². The van der Waals surface area contributed by atoms with Crippen molar-refractivity contribution in [3.63, 3.8) is 0 Å². The Balaban J connectivity index is 1.91. The van der Waals surface area contributed by atoms with E-state index in [-0.39, 0.29) is 16.8 Å². The monoisotopic (exact) mass is 420 g/mol. The van der Waals surface area contributed by atoms with Gasteiger partial charge in [0.25, 0.3) is 0 Å². The molecule has 0 radical (unpaired) electrons. The zero-order valence-electron chi connectivity index (χ0n) is 16.1. The number of benzene rings is 2. The number of nitrogens with zero attached hydrogens (tertiary/aromatic N) is 2. The third-order valence-corrected chi connectivity index (χ3v) is 5.02. The summed E-state index contributed by atoms with van der Waals surface area (Å²) in [5.41, 5.74) is 1.93. The molecule has 0 N–H and O–H groups in total. The molecule has 3 aromatic rings. The van der Waals surface area contributed by atoms with Gasteiger partial charge in [-0.05, 0) is 42.7 Å². The van der Waals surface area contributed by atoms with Crippen LogP contribution in [0.1, 0.15) is 22.4 Å². The number of methoxy groups -OCH3 is 1. The summed E-state index contributed by atoms with van der Waals surface area (Å²) in [6, 6.07) is 13.6. The summed E-state index contributed by atoms with van der Waals surface area (Å²) in [5, 5.41) is -0.0100. The van der Waals surface area contributed by atoms with Crippen molar-refractivity contribution in [1.82, 2.24) is 9.97 Å². The molecular formula is C21H19F3N2O2S. The normalized spacial score (nSPS) is 11.4. The lowest BCUT2D eigenvalue weighted by Crippen LogP contribution is -2.10. The first-order valence-electron chi connectivity index (χ1n) is 8.72. The first kappa shape index (κ1) is 21.0. The summed E-state index contributed by atoms with van der Waals surface area (Å²) >= 11 is 1.12. The molecule has 3 rings (SSSR count). The minimum absolute atomic E-state index is 0.0100. The number of ether oxygens (including phenoxy) is 2. The van der Waals surface area contributed by atoms with Crippen molar-refractivity contribution in [2.75, 3.05) is 7.11 Å². The average Bonchev–Trinajstić information content (AvgIpc) is 2.68. The Kier molecular flexibility index (Phi) is 6.32. The maximum Gasteiger partial charge on any atom is 0.433 e. The fourth-order valence-electron chi connectivity index (χ4n) is 2.55. The molecule has 0 aliphatic carbocycles. The fourth-order valence-corrected chi connectivity index (χ4v) is 3.48. The highest BCUT2D eigenvalue weighted by Gasteiger charge is 2.34. The van der Waals surface area contributed by atoms with Gasteiger partial charge in [0.2, 0.25) is 5.88 Å². The highest BCUT2D eigenvalue weighted by molar-refractivity contribution is 7.98. The van der Waals surface area contributed by atoms with Crippen LogP contribution in [0.2, 0.25) is 0 Å². The maximum absolute atomic E-state index is 13.3. The molecule has 0 bridgehead atoms. The Bertz CT molecular complexity index is 1010. The summed E-state index contributed by atoms with van der Waals surface area (Å²) < 4.78 is 50.9. The minimum Gasteiger partial charge on any atom is -0.493 e. The van der Waals surface area contributed by atoms with Gasteiger partial charge in [0, 0.05) is 11.8 Å². The van der Waals surface area contributed by atoms with Crippen molar-refractivity contribution < 1.29 is 22.6 Å². The lowest BCUT2D eigenvalue weighted by molar-refractivity contribution is -0.141. The third kappa shape index (κ3) is 5.41. The van der Waals surface area contributed by atoms with Gasteiger partial charge < -0.3 is 9.47 Å². The second kappa shape index (κ2) is 8.73. The molecule has 29 heavy (non-hydrogen) atoms. The molecule has 1 aromatic heterocycles. The van der Waals surface area contributed by atoms with Gasteiger partial charge in [-0.25, -0.2) is 4.98 Å². The van der Waals surface area contributed by atoms with Gasteiger partial charge in [0.1, 0.15) is 0 Å². The number of alkyl halides is 3. The lowest BCUT2D eigenvalue weighted by atomic mass is 10.1. The third-order valence-electron chi connectivity index (χ3n) is 4.12. The summed E-state index contributed by atoms with van der Waals surface area (Å²) in [7, 11) is 1.46. The average molecular weight is 420 g/mol. The quantitative estimate of drug-likeness (QED) is 0.351. The van der Waals surface area contributed by atoms with Crippen molar-refractivity contribution in [1.29, 1.82) is 0 Å². The predicted octanol–water partition coefficient (Wildman–Crippen LogP) is 6.21. The van der Waals surface area contributed by atoms with E-state index < -0.39 is 11.9 Å². The molecule has 0 aliphatic heterocycles. The number of hydrogen-bond donors (Lipinski definition) is 0. The van der Waals surface area contributed by atoms with E-state index in [0.29, 0.717) is 11.5 Å². The zero-order chi connectivity index (χ0) is 21.0. The predicted molar refractivity (Wildman–Crippen MR) is 106 cm³/mol. The SMILES string of the molecule is COc1cc(C)ccc1Oc1cc(C(F)(F)F)nc(SCc2ccccc2C)n1. The fraction of sp³-hybridized carbons (Fsp3) is 0.238. The standard InChI is InChI=1S/C21H19F3N2O2S/c1-13-8-9-16(17(10-13)27-3)28-19-11-18(21(22,23)24)25-20(26-19)29-12-15-7-5-4-6-14(15)2/h4-11H,12H2,1-3H3. The number of hydrogen-bond acceptors (Lipinski definition) is 5. The van der Waals surface area contributed by atoms with Crippen LogP contribution in [-0.2, 0) is 11.9 Å². The number of thioether (sulfide) groups is 1. The highest BCUT2D eigenvalue weighted by atomic mass is 32.2. The number of halogens is 3. The Morgan fingerprint density at radius 3 is 2.41 bits per heavy atom. The van der Waals surface area contributed by atoms with Crippen molar-refractivity contribution in [2.24, 2.45) is 0 Å². The molecule has 2 aromatic carbocycles. The molecule has 0 fully saturated rings. The molecule has 0 spiro atoms. The summed E-state index contributed by atoms with van der Waals surface area (Å²) in [6.45, 7) is 3.82. The van der Waals surface area contributed by atoms with Crippen LogP contribution in [0.5, 0.6) is 17.4 Å². The van der Waals surface area contributed by atoms with Crippen molar-refractivity contribution >= 4 is 11.8 Å². The van der Waals surface area contributed by atoms with Crippen LogP contribution in [0.4, 0.5) is 13.2 Å². The van der Waals surface area contributed by atoms with Crippen LogP contribution in [-0.4, -0.2) is 17.1 Å². The molecule has 0 saturated heterocycles. The molecular weight excluding hydrogens is 401 g/mol. The topological polar surface area (TPSA) is 44.2 Å². The Labute approximate surface area is 171 Å². The molecule has 0 atom stereocenters. The molecule has 4 nitrogen and oxygen atoms in total. The molecule has 0 saturated carbocycles. The molecule has 152 valence electrons. The zero-order valence-corrected chi connectivity index (χ0v) is 16.9. The molecule has 0 amide bonds. The summed E-state index contributed by atoms with van der Waals surface area (Å²) in [5.74, 6) is 0.939. The number of aryl methyl sites for hydroxylation is 2. The van der Waals surface area contributed by atoms with Crippen molar-refractivity contribution in [2.45, 2.75) is 30.9 Å². The van der Waals surface area contributed by atoms with Crippen LogP contribution in [0.3, 0.4) is 0 Å². The van der Waals surface area contributed by atoms with Gasteiger partial charge >= 0.3 is 6.18 Å². The molecule has 1 heterocycles. The largest absolute Gasteiger partial charge is 0.493 e. The smallest absolute Gasteiger partial charge is 0.433 e. The molecule has 8 heteroatoms. The second-order valence-electron chi connectivity index (χ2n) is 6.34. The molecule has 0 aliphatic rings. The van der Waals surface area contributed by atoms with Gasteiger partial charge in [-0.3, -0.25) is 0 Å². The Morgan fingerprint density at radius 1 is 0.966 bits per heavy atom. The van der Waals surface area contributed by atoms with E-state index in [4.69, 9.17) is 9.47 Å². The van der Waals surface area contributed by atoms with Gasteiger partial charge in [-0.15, -0.1) is 0 Å². The van der Waals surface area contributed by atoms with Crippen LogP contribution in [0.25, 0.3) is 0 Å². The second-order valence-corrected chi connectivity index (χ2v) is 7.29. The van der Waals surface area contributed by atoms with E-state index in [1.54, 1.807) is 18.2 Å². The number of aromatic nitrogens is 2. The minimum atomic E-state index is -4.61. The molecule has 0 unspecified atom stereocenters. The van der Waals surface area contributed by atoms with Crippen molar-refractivity contribution in [3.05, 3.63) is 70.9 Å². The lowest BCUT2D eigenvalue weighted by Gasteiger charge is -2.13. The van der Waals surface area contributed by atoms with Gasteiger partial charge in [-0.1, -0.05) is 42.1 Å². The van der Waals surface area contributed by atoms with E-state index in [9.17, 15) is 13.2 Å². The van der Waals surface area contributed by atoms with Crippen LogP contribution < -0.4 is 9.47 Å². The summed E-state index contributed by atoms with van der Waals surface area (Å²) in [6.07, 6.45) is -4.61. The van der Waals surface area contributed by atoms with Gasteiger partial charge in [0.15, 0.2) is 22.3 Å². The van der Waals surface area contributed by atoms with E-state index in [0.717, 1.165) is 34.5 Å². The van der Waals surface area contributed by atoms with Crippen molar-refractivity contribution in [3.8, 4) is 17.4 Å². The van der Waals surface area contributed by atoms with E-state index in [1.165, 1.54) is 7.11 Å². The van der Waals surface area contributed by atoms with Gasteiger partial charge in [-0.2, -0.15) is 18.2 Å². The maximum atomic E-state index is 13.3. The van der Waals surface area contributed by atoms with Crippen LogP contribution in [0, 0.1) is 13.8 Å². The Hall–Kier alpha value is -2.74. The first-order valence-corrected chi connectivity index (χ1v) is 9.71. The number of rotatable bonds is 6. The van der Waals surface area contributed by atoms with E-state index in [2.05, 4.69) is 9.97 Å². The Morgan fingerprint density at radius 2 is 1.72 bits per heavy atom. The highest BCUT2D eigenvalue weighted by Crippen LogP contribution is 2.36. The summed E-state index contributed by atoms with van der Waals surface area (Å²) in [4.78, 5) is 7.82. The van der Waals surface area contributed by atoms with Crippen LogP contribution >= 0.6 is 11.8 Å². The van der Waals surface area contributed by atoms with E-state index >= 15 is 0 Å².